The predicted octanol–water partition coefficient (Wildman–Crippen LogP) is 1.94. The van der Waals surface area contributed by atoms with E-state index in [1.165, 1.54) is 5.56 Å². The molecule has 0 amide bonds. The Morgan fingerprint density at radius 1 is 1.24 bits per heavy atom. The third-order valence-electron chi connectivity index (χ3n) is 2.32. The van der Waals surface area contributed by atoms with Crippen molar-refractivity contribution in [2.24, 2.45) is 5.73 Å². The summed E-state index contributed by atoms with van der Waals surface area (Å²) in [6.07, 6.45) is 1.28. The van der Waals surface area contributed by atoms with Crippen molar-refractivity contribution in [3.63, 3.8) is 0 Å². The van der Waals surface area contributed by atoms with Crippen molar-refractivity contribution in [2.75, 3.05) is 0 Å². The zero-order valence-electron chi connectivity index (χ0n) is 10.2. The average molecular weight is 231 g/mol. The highest BCUT2D eigenvalue weighted by molar-refractivity contribution is 5.18. The standard InChI is InChI=1S/C13H17N3O/c1-13(2,14)9-12-15-11(16-17-12)8-10-6-4-3-5-7-10/h3-7H,8-9,14H2,1-2H3. The summed E-state index contributed by atoms with van der Waals surface area (Å²) in [7, 11) is 0. The molecule has 4 heteroatoms. The van der Waals surface area contributed by atoms with E-state index < -0.39 is 0 Å². The van der Waals surface area contributed by atoms with Crippen molar-refractivity contribution in [3.8, 4) is 0 Å². The summed E-state index contributed by atoms with van der Waals surface area (Å²) >= 11 is 0. The maximum absolute atomic E-state index is 5.90. The SMILES string of the molecule is CC(C)(N)Cc1nc(Cc2ccccc2)no1. The molecule has 0 fully saturated rings. The fourth-order valence-corrected chi connectivity index (χ4v) is 1.60. The first-order valence-corrected chi connectivity index (χ1v) is 5.67. The van der Waals surface area contributed by atoms with Gasteiger partial charge in [0.15, 0.2) is 5.82 Å². The van der Waals surface area contributed by atoms with Crippen molar-refractivity contribution in [1.82, 2.24) is 10.1 Å². The smallest absolute Gasteiger partial charge is 0.228 e. The third kappa shape index (κ3) is 3.67. The molecule has 2 N–H and O–H groups in total. The van der Waals surface area contributed by atoms with Gasteiger partial charge in [-0.25, -0.2) is 0 Å². The fourth-order valence-electron chi connectivity index (χ4n) is 1.60. The van der Waals surface area contributed by atoms with Crippen LogP contribution in [0.3, 0.4) is 0 Å². The largest absolute Gasteiger partial charge is 0.339 e. The van der Waals surface area contributed by atoms with Crippen LogP contribution in [-0.2, 0) is 12.8 Å². The van der Waals surface area contributed by atoms with Gasteiger partial charge in [0.2, 0.25) is 5.89 Å². The van der Waals surface area contributed by atoms with Crippen molar-refractivity contribution in [2.45, 2.75) is 32.2 Å². The van der Waals surface area contributed by atoms with Gasteiger partial charge in [-0.2, -0.15) is 4.98 Å². The van der Waals surface area contributed by atoms with Gasteiger partial charge in [-0.1, -0.05) is 35.5 Å². The molecule has 0 saturated heterocycles. The Bertz CT molecular complexity index is 471. The van der Waals surface area contributed by atoms with Gasteiger partial charge in [-0.15, -0.1) is 0 Å². The van der Waals surface area contributed by atoms with Crippen molar-refractivity contribution in [1.29, 1.82) is 0 Å². The normalized spacial score (nSPS) is 11.7. The molecule has 1 aromatic carbocycles. The van der Waals surface area contributed by atoms with Crippen LogP contribution in [0.2, 0.25) is 0 Å². The Kier molecular flexibility index (Phi) is 3.24. The summed E-state index contributed by atoms with van der Waals surface area (Å²) in [4.78, 5) is 4.33. The lowest BCUT2D eigenvalue weighted by atomic mass is 10.0. The number of aromatic nitrogens is 2. The van der Waals surface area contributed by atoms with Crippen LogP contribution in [0.25, 0.3) is 0 Å². The molecule has 90 valence electrons. The lowest BCUT2D eigenvalue weighted by Crippen LogP contribution is -2.34. The lowest BCUT2D eigenvalue weighted by Gasteiger charge is -2.14. The summed E-state index contributed by atoms with van der Waals surface area (Å²) in [6.45, 7) is 3.88. The van der Waals surface area contributed by atoms with Crippen LogP contribution in [0.4, 0.5) is 0 Å². The average Bonchev–Trinajstić information content (AvgIpc) is 2.64. The number of hydrogen-bond acceptors (Lipinski definition) is 4. The fraction of sp³-hybridized carbons (Fsp3) is 0.385. The number of nitrogens with two attached hydrogens (primary N) is 1. The molecule has 0 atom stereocenters. The van der Waals surface area contributed by atoms with Crippen LogP contribution in [0.5, 0.6) is 0 Å². The second kappa shape index (κ2) is 4.67. The van der Waals surface area contributed by atoms with Crippen LogP contribution in [-0.4, -0.2) is 15.7 Å². The third-order valence-corrected chi connectivity index (χ3v) is 2.32. The Hall–Kier alpha value is -1.68. The van der Waals surface area contributed by atoms with Crippen LogP contribution < -0.4 is 5.73 Å². The molecule has 0 radical (unpaired) electrons. The molecule has 0 saturated carbocycles. The minimum atomic E-state index is -0.323. The predicted molar refractivity (Wildman–Crippen MR) is 65.5 cm³/mol. The highest BCUT2D eigenvalue weighted by Crippen LogP contribution is 2.10. The van der Waals surface area contributed by atoms with Gasteiger partial charge in [0, 0.05) is 18.4 Å². The van der Waals surface area contributed by atoms with E-state index in [2.05, 4.69) is 10.1 Å². The summed E-state index contributed by atoms with van der Waals surface area (Å²) in [6, 6.07) is 10.1. The van der Waals surface area contributed by atoms with Gasteiger partial charge in [-0.05, 0) is 19.4 Å². The van der Waals surface area contributed by atoms with Gasteiger partial charge in [0.05, 0.1) is 0 Å². The Labute approximate surface area is 101 Å². The van der Waals surface area contributed by atoms with E-state index in [0.29, 0.717) is 24.6 Å². The number of rotatable bonds is 4. The summed E-state index contributed by atoms with van der Waals surface area (Å²) in [5.74, 6) is 1.30. The lowest BCUT2D eigenvalue weighted by molar-refractivity contribution is 0.345. The molecule has 0 bridgehead atoms. The first-order valence-electron chi connectivity index (χ1n) is 5.67. The topological polar surface area (TPSA) is 64.9 Å². The summed E-state index contributed by atoms with van der Waals surface area (Å²) in [5, 5.41) is 3.95. The van der Waals surface area contributed by atoms with Crippen molar-refractivity contribution in [3.05, 3.63) is 47.6 Å². The summed E-state index contributed by atoms with van der Waals surface area (Å²) < 4.78 is 5.17. The maximum Gasteiger partial charge on any atom is 0.228 e. The van der Waals surface area contributed by atoms with E-state index in [-0.39, 0.29) is 5.54 Å². The Morgan fingerprint density at radius 2 is 1.94 bits per heavy atom. The zero-order valence-corrected chi connectivity index (χ0v) is 10.2. The first kappa shape index (κ1) is 11.8. The number of nitrogens with zero attached hydrogens (tertiary/aromatic N) is 2. The molecular formula is C13H17N3O. The van der Waals surface area contributed by atoms with Crippen LogP contribution >= 0.6 is 0 Å². The number of benzene rings is 1. The Morgan fingerprint density at radius 3 is 2.59 bits per heavy atom. The molecule has 0 unspecified atom stereocenters. The minimum Gasteiger partial charge on any atom is -0.339 e. The molecular weight excluding hydrogens is 214 g/mol. The maximum atomic E-state index is 5.90. The van der Waals surface area contributed by atoms with Gasteiger partial charge < -0.3 is 10.3 Å². The molecule has 0 aliphatic heterocycles. The van der Waals surface area contributed by atoms with E-state index in [0.717, 1.165) is 0 Å². The molecule has 4 nitrogen and oxygen atoms in total. The molecule has 2 rings (SSSR count). The van der Waals surface area contributed by atoms with Crippen LogP contribution in [0.1, 0.15) is 31.1 Å². The van der Waals surface area contributed by atoms with E-state index >= 15 is 0 Å². The van der Waals surface area contributed by atoms with Gasteiger partial charge in [0.1, 0.15) is 0 Å². The molecule has 17 heavy (non-hydrogen) atoms. The second-order valence-corrected chi connectivity index (χ2v) is 4.93. The minimum absolute atomic E-state index is 0.323. The second-order valence-electron chi connectivity index (χ2n) is 4.93. The van der Waals surface area contributed by atoms with Crippen LogP contribution in [0.15, 0.2) is 34.9 Å². The highest BCUT2D eigenvalue weighted by Gasteiger charge is 2.16. The first-order chi connectivity index (χ1) is 8.03. The molecule has 2 aromatic rings. The van der Waals surface area contributed by atoms with E-state index in [9.17, 15) is 0 Å². The Balaban J connectivity index is 2.04. The molecule has 0 aliphatic rings. The van der Waals surface area contributed by atoms with E-state index in [1.807, 2.05) is 44.2 Å². The zero-order chi connectivity index (χ0) is 12.3. The van der Waals surface area contributed by atoms with Gasteiger partial charge in [0.25, 0.3) is 0 Å². The highest BCUT2D eigenvalue weighted by atomic mass is 16.5. The molecule has 0 aliphatic carbocycles. The van der Waals surface area contributed by atoms with Gasteiger partial charge in [-0.3, -0.25) is 0 Å². The molecule has 1 aromatic heterocycles. The van der Waals surface area contributed by atoms with Crippen LogP contribution in [0, 0.1) is 0 Å². The van der Waals surface area contributed by atoms with Crippen molar-refractivity contribution < 1.29 is 4.52 Å². The molecule has 1 heterocycles. The monoisotopic (exact) mass is 231 g/mol. The van der Waals surface area contributed by atoms with Crippen molar-refractivity contribution >= 4 is 0 Å². The summed E-state index contributed by atoms with van der Waals surface area (Å²) in [5.41, 5.74) is 6.75. The number of hydrogen-bond donors (Lipinski definition) is 1. The van der Waals surface area contributed by atoms with E-state index in [4.69, 9.17) is 10.3 Å². The quantitative estimate of drug-likeness (QED) is 0.873. The van der Waals surface area contributed by atoms with E-state index in [1.54, 1.807) is 0 Å². The van der Waals surface area contributed by atoms with Gasteiger partial charge >= 0.3 is 0 Å². The molecule has 0 spiro atoms.